The Balaban J connectivity index is 0.00000361. The highest BCUT2D eigenvalue weighted by molar-refractivity contribution is 9.10. The number of methoxy groups -OCH3 is 1. The van der Waals surface area contributed by atoms with Crippen LogP contribution in [0.3, 0.4) is 0 Å². The zero-order valence-electron chi connectivity index (χ0n) is 19.7. The second kappa shape index (κ2) is 12.6. The molecule has 0 fully saturated rings. The second-order valence-corrected chi connectivity index (χ2v) is 10.4. The maximum Gasteiger partial charge on any atom is 0.238 e. The molecule has 3 N–H and O–H groups in total. The number of fused-ring (bicyclic) bond motifs is 1. The van der Waals surface area contributed by atoms with Crippen LogP contribution in [0.5, 0.6) is 23.0 Å². The Bertz CT molecular complexity index is 1290. The molecule has 0 bridgehead atoms. The van der Waals surface area contributed by atoms with Gasteiger partial charge in [-0.1, -0.05) is 18.2 Å². The molecule has 0 radical (unpaired) electrons. The molecular formula is C25H28BrClN2O6S. The molecule has 0 amide bonds. The minimum absolute atomic E-state index is 0. The first-order valence-corrected chi connectivity index (χ1v) is 13.4. The molecule has 0 spiro atoms. The molecule has 8 nitrogen and oxygen atoms in total. The lowest BCUT2D eigenvalue weighted by atomic mass is 10.1. The van der Waals surface area contributed by atoms with Gasteiger partial charge < -0.3 is 24.3 Å². The summed E-state index contributed by atoms with van der Waals surface area (Å²) in [6, 6.07) is 16.3. The van der Waals surface area contributed by atoms with Crippen LogP contribution in [-0.4, -0.2) is 35.3 Å². The molecule has 3 aromatic carbocycles. The standard InChI is InChI=1S/C25H27BrN2O6S.ClH/c1-31-24-14-19(15-28-9-8-17-2-5-20(6-3-17)35(27,29)30)12-21(26)25(24)34-16-18-4-7-22-23(13-18)33-11-10-32-22;/h2-7,12-14,28H,8-11,15-16H2,1H3,(H2,27,29,30);1H. The number of hydrogen-bond acceptors (Lipinski definition) is 7. The van der Waals surface area contributed by atoms with Crippen molar-refractivity contribution in [3.05, 3.63) is 75.8 Å². The first kappa shape index (κ1) is 28.1. The summed E-state index contributed by atoms with van der Waals surface area (Å²) in [6.07, 6.45) is 0.750. The van der Waals surface area contributed by atoms with E-state index in [-0.39, 0.29) is 17.3 Å². The molecule has 0 unspecified atom stereocenters. The summed E-state index contributed by atoms with van der Waals surface area (Å²) < 4.78 is 46.4. The van der Waals surface area contributed by atoms with Crippen LogP contribution in [-0.2, 0) is 29.6 Å². The second-order valence-electron chi connectivity index (χ2n) is 7.99. The smallest absolute Gasteiger partial charge is 0.238 e. The molecule has 194 valence electrons. The average molecular weight is 600 g/mol. The van der Waals surface area contributed by atoms with E-state index in [1.807, 2.05) is 30.3 Å². The predicted octanol–water partition coefficient (Wildman–Crippen LogP) is 4.21. The van der Waals surface area contributed by atoms with Gasteiger partial charge in [-0.05, 0) is 82.0 Å². The number of halogens is 2. The summed E-state index contributed by atoms with van der Waals surface area (Å²) in [5.41, 5.74) is 3.02. The van der Waals surface area contributed by atoms with E-state index in [2.05, 4.69) is 21.2 Å². The SMILES string of the molecule is COc1cc(CNCCc2ccc(S(N)(=O)=O)cc2)cc(Br)c1OCc1ccc2c(c1)OCCO2.Cl. The van der Waals surface area contributed by atoms with Crippen LogP contribution in [0.25, 0.3) is 0 Å². The van der Waals surface area contributed by atoms with Crippen molar-refractivity contribution in [3.8, 4) is 23.0 Å². The summed E-state index contributed by atoms with van der Waals surface area (Å²) in [4.78, 5) is 0.113. The van der Waals surface area contributed by atoms with Gasteiger partial charge in [-0.2, -0.15) is 0 Å². The summed E-state index contributed by atoms with van der Waals surface area (Å²) >= 11 is 3.60. The lowest BCUT2D eigenvalue weighted by molar-refractivity contribution is 0.171. The summed E-state index contributed by atoms with van der Waals surface area (Å²) in [7, 11) is -2.06. The van der Waals surface area contributed by atoms with Gasteiger partial charge in [-0.25, -0.2) is 13.6 Å². The fraction of sp³-hybridized carbons (Fsp3) is 0.280. The van der Waals surface area contributed by atoms with Crippen LogP contribution in [0.15, 0.2) is 64.0 Å². The number of nitrogens with two attached hydrogens (primary N) is 1. The van der Waals surface area contributed by atoms with Crippen LogP contribution in [0, 0.1) is 0 Å². The number of primary sulfonamides is 1. The van der Waals surface area contributed by atoms with Crippen LogP contribution in [0.1, 0.15) is 16.7 Å². The quantitative estimate of drug-likeness (QED) is 0.336. The molecule has 0 atom stereocenters. The third-order valence-corrected chi connectivity index (χ3v) is 6.97. The molecular weight excluding hydrogens is 572 g/mol. The largest absolute Gasteiger partial charge is 0.493 e. The van der Waals surface area contributed by atoms with Crippen LogP contribution in [0.2, 0.25) is 0 Å². The molecule has 4 rings (SSSR count). The number of benzene rings is 3. The maximum atomic E-state index is 11.4. The van der Waals surface area contributed by atoms with E-state index in [1.54, 1.807) is 19.2 Å². The highest BCUT2D eigenvalue weighted by Crippen LogP contribution is 2.38. The third-order valence-electron chi connectivity index (χ3n) is 5.45. The van der Waals surface area contributed by atoms with Gasteiger partial charge in [0.05, 0.1) is 16.5 Å². The van der Waals surface area contributed by atoms with Gasteiger partial charge in [0.25, 0.3) is 0 Å². The first-order valence-electron chi connectivity index (χ1n) is 11.0. The zero-order chi connectivity index (χ0) is 24.8. The lowest BCUT2D eigenvalue weighted by Gasteiger charge is -2.19. The van der Waals surface area contributed by atoms with Gasteiger partial charge in [0.15, 0.2) is 23.0 Å². The number of nitrogens with one attached hydrogen (secondary N) is 1. The van der Waals surface area contributed by atoms with Crippen molar-refractivity contribution < 1.29 is 27.4 Å². The van der Waals surface area contributed by atoms with Crippen molar-refractivity contribution in [3.63, 3.8) is 0 Å². The Hall–Kier alpha value is -2.50. The monoisotopic (exact) mass is 598 g/mol. The minimum Gasteiger partial charge on any atom is -0.493 e. The minimum atomic E-state index is -3.67. The number of ether oxygens (including phenoxy) is 4. The topological polar surface area (TPSA) is 109 Å². The van der Waals surface area contributed by atoms with Gasteiger partial charge in [0, 0.05) is 6.54 Å². The Labute approximate surface area is 225 Å². The molecule has 36 heavy (non-hydrogen) atoms. The fourth-order valence-electron chi connectivity index (χ4n) is 3.66. The highest BCUT2D eigenvalue weighted by atomic mass is 79.9. The van der Waals surface area contributed by atoms with Gasteiger partial charge in [-0.15, -0.1) is 12.4 Å². The van der Waals surface area contributed by atoms with Gasteiger partial charge >= 0.3 is 0 Å². The third kappa shape index (κ3) is 7.27. The van der Waals surface area contributed by atoms with Crippen LogP contribution >= 0.6 is 28.3 Å². The van der Waals surface area contributed by atoms with E-state index in [1.165, 1.54) is 12.1 Å². The van der Waals surface area contributed by atoms with Crippen molar-refractivity contribution in [2.24, 2.45) is 5.14 Å². The first-order chi connectivity index (χ1) is 16.8. The van der Waals surface area contributed by atoms with E-state index in [0.29, 0.717) is 37.9 Å². The van der Waals surface area contributed by atoms with Crippen molar-refractivity contribution in [1.29, 1.82) is 0 Å². The molecule has 11 heteroatoms. The van der Waals surface area contributed by atoms with Crippen molar-refractivity contribution in [2.45, 2.75) is 24.5 Å². The van der Waals surface area contributed by atoms with Crippen molar-refractivity contribution >= 4 is 38.4 Å². The fourth-order valence-corrected chi connectivity index (χ4v) is 4.78. The molecule has 0 saturated carbocycles. The van der Waals surface area contributed by atoms with E-state index in [0.717, 1.165) is 45.6 Å². The summed E-state index contributed by atoms with van der Waals surface area (Å²) in [5, 5.41) is 8.53. The van der Waals surface area contributed by atoms with E-state index in [4.69, 9.17) is 24.1 Å². The molecule has 1 aliphatic heterocycles. The Morgan fingerprint density at radius 3 is 2.36 bits per heavy atom. The van der Waals surface area contributed by atoms with E-state index >= 15 is 0 Å². The lowest BCUT2D eigenvalue weighted by Crippen LogP contribution is -2.17. The maximum absolute atomic E-state index is 11.4. The van der Waals surface area contributed by atoms with E-state index in [9.17, 15) is 8.42 Å². The molecule has 3 aromatic rings. The number of hydrogen-bond donors (Lipinski definition) is 2. The summed E-state index contributed by atoms with van der Waals surface area (Å²) in [6.45, 7) is 2.80. The highest BCUT2D eigenvalue weighted by Gasteiger charge is 2.15. The summed E-state index contributed by atoms with van der Waals surface area (Å²) in [5.74, 6) is 2.73. The molecule has 1 aliphatic rings. The van der Waals surface area contributed by atoms with Gasteiger partial charge in [-0.3, -0.25) is 0 Å². The number of sulfonamides is 1. The molecule has 0 aliphatic carbocycles. The van der Waals surface area contributed by atoms with E-state index < -0.39 is 10.0 Å². The zero-order valence-corrected chi connectivity index (χ0v) is 22.9. The van der Waals surface area contributed by atoms with Crippen molar-refractivity contribution in [2.75, 3.05) is 26.9 Å². The van der Waals surface area contributed by atoms with Crippen molar-refractivity contribution in [1.82, 2.24) is 5.32 Å². The Morgan fingerprint density at radius 1 is 0.972 bits per heavy atom. The molecule has 0 aromatic heterocycles. The van der Waals surface area contributed by atoms with Gasteiger partial charge in [0.1, 0.15) is 19.8 Å². The molecule has 0 saturated heterocycles. The normalized spacial score (nSPS) is 12.5. The Kier molecular flexibility index (Phi) is 9.86. The number of rotatable bonds is 10. The Morgan fingerprint density at radius 2 is 1.67 bits per heavy atom. The van der Waals surface area contributed by atoms with Gasteiger partial charge in [0.2, 0.25) is 10.0 Å². The van der Waals surface area contributed by atoms with Crippen LogP contribution in [0.4, 0.5) is 0 Å². The molecule has 1 heterocycles. The predicted molar refractivity (Wildman–Crippen MR) is 143 cm³/mol. The average Bonchev–Trinajstić information content (AvgIpc) is 2.85. The van der Waals surface area contributed by atoms with Crippen LogP contribution < -0.4 is 29.4 Å².